The summed E-state index contributed by atoms with van der Waals surface area (Å²) in [5.41, 5.74) is 4.12. The fourth-order valence-corrected chi connectivity index (χ4v) is 7.30. The summed E-state index contributed by atoms with van der Waals surface area (Å²) in [5.74, 6) is 0.450. The van der Waals surface area contributed by atoms with Crippen LogP contribution in [-0.4, -0.2) is 32.0 Å². The van der Waals surface area contributed by atoms with Crippen molar-refractivity contribution < 1.29 is 4.21 Å². The van der Waals surface area contributed by atoms with Gasteiger partial charge in [-0.1, -0.05) is 59.6 Å². The van der Waals surface area contributed by atoms with Gasteiger partial charge in [-0.25, -0.2) is 18.9 Å². The van der Waals surface area contributed by atoms with Crippen molar-refractivity contribution in [2.45, 2.75) is 57.2 Å². The number of nitriles is 1. The van der Waals surface area contributed by atoms with Crippen LogP contribution < -0.4 is 10.0 Å². The standard InChI is InChI=1S/C29H31Cl2N5OS/c1-17-23(20-10-7-11-21(30)25(20)31)22(16-32)35-27(34-17)24-18-8-5-6-9-19(18)26(36-38(37)28(2,3)4)29(24)12-14-33-15-13-29/h5-11,24,26,33,36H,12-15H2,1-4H3/t24?,26-,38-/m1/s1. The molecule has 2 aromatic carbocycles. The van der Waals surface area contributed by atoms with Gasteiger partial charge in [0.05, 0.1) is 43.4 Å². The molecule has 3 atom stereocenters. The van der Waals surface area contributed by atoms with Gasteiger partial charge >= 0.3 is 0 Å². The first kappa shape index (κ1) is 27.2. The number of benzene rings is 2. The number of nitrogens with zero attached hydrogens (tertiary/aromatic N) is 3. The molecule has 0 radical (unpaired) electrons. The Bertz CT molecular complexity index is 1460. The number of piperidine rings is 1. The van der Waals surface area contributed by atoms with Crippen molar-refractivity contribution in [1.82, 2.24) is 20.0 Å². The maximum atomic E-state index is 13.4. The van der Waals surface area contributed by atoms with Crippen LogP contribution in [0.2, 0.25) is 10.0 Å². The third-order valence-corrected chi connectivity index (χ3v) is 10.2. The zero-order valence-corrected chi connectivity index (χ0v) is 24.3. The molecule has 3 aromatic rings. The topological polar surface area (TPSA) is 90.7 Å². The van der Waals surface area contributed by atoms with Crippen LogP contribution in [0.25, 0.3) is 11.1 Å². The predicted molar refractivity (Wildman–Crippen MR) is 154 cm³/mol. The Kier molecular flexibility index (Phi) is 7.40. The van der Waals surface area contributed by atoms with Crippen LogP contribution in [0.5, 0.6) is 0 Å². The zero-order valence-electron chi connectivity index (χ0n) is 21.9. The maximum Gasteiger partial charge on any atom is 0.152 e. The summed E-state index contributed by atoms with van der Waals surface area (Å²) in [7, 11) is -1.27. The molecule has 2 heterocycles. The van der Waals surface area contributed by atoms with E-state index in [1.54, 1.807) is 12.1 Å². The minimum Gasteiger partial charge on any atom is -0.317 e. The molecule has 2 aliphatic rings. The van der Waals surface area contributed by atoms with Crippen LogP contribution in [-0.2, 0) is 11.0 Å². The van der Waals surface area contributed by atoms with Crippen LogP contribution in [0.15, 0.2) is 42.5 Å². The van der Waals surface area contributed by atoms with Gasteiger partial charge in [0.2, 0.25) is 0 Å². The summed E-state index contributed by atoms with van der Waals surface area (Å²) < 4.78 is 16.5. The number of aryl methyl sites for hydroxylation is 1. The van der Waals surface area contributed by atoms with E-state index in [1.165, 1.54) is 0 Å². The summed E-state index contributed by atoms with van der Waals surface area (Å²) in [5, 5.41) is 14.5. The molecule has 0 bridgehead atoms. The second kappa shape index (κ2) is 10.3. The number of hydrogen-bond acceptors (Lipinski definition) is 5. The summed E-state index contributed by atoms with van der Waals surface area (Å²) in [6.45, 7) is 9.51. The quantitative estimate of drug-likeness (QED) is 0.389. The number of aromatic nitrogens is 2. The van der Waals surface area contributed by atoms with E-state index >= 15 is 0 Å². The molecule has 0 amide bonds. The van der Waals surface area contributed by atoms with Gasteiger partial charge in [-0.2, -0.15) is 5.26 Å². The van der Waals surface area contributed by atoms with E-state index in [0.29, 0.717) is 32.7 Å². The average molecular weight is 569 g/mol. The molecule has 1 spiro atoms. The van der Waals surface area contributed by atoms with Crippen molar-refractivity contribution in [1.29, 1.82) is 5.26 Å². The Morgan fingerprint density at radius 2 is 1.76 bits per heavy atom. The second-order valence-electron chi connectivity index (χ2n) is 11.1. The van der Waals surface area contributed by atoms with E-state index in [2.05, 4.69) is 28.2 Å². The Hall–Kier alpha value is -2.34. The number of halogens is 2. The molecular weight excluding hydrogens is 537 g/mol. The van der Waals surface area contributed by atoms with Gasteiger partial charge in [0.1, 0.15) is 11.9 Å². The average Bonchev–Trinajstić information content (AvgIpc) is 3.13. The van der Waals surface area contributed by atoms with E-state index in [-0.39, 0.29) is 23.1 Å². The number of nitrogens with one attached hydrogen (secondary N) is 2. The van der Waals surface area contributed by atoms with Gasteiger partial charge < -0.3 is 5.32 Å². The highest BCUT2D eigenvalue weighted by Crippen LogP contribution is 2.61. The van der Waals surface area contributed by atoms with Crippen LogP contribution in [0.4, 0.5) is 0 Å². The molecule has 2 N–H and O–H groups in total. The minimum atomic E-state index is -1.27. The zero-order chi connectivity index (χ0) is 27.2. The molecule has 6 nitrogen and oxygen atoms in total. The maximum absolute atomic E-state index is 13.4. The van der Waals surface area contributed by atoms with Gasteiger partial charge in [0.25, 0.3) is 0 Å². The van der Waals surface area contributed by atoms with Gasteiger partial charge in [0.15, 0.2) is 5.69 Å². The smallest absolute Gasteiger partial charge is 0.152 e. The molecule has 1 aliphatic carbocycles. The first-order valence-electron chi connectivity index (χ1n) is 12.8. The van der Waals surface area contributed by atoms with Crippen LogP contribution in [0.3, 0.4) is 0 Å². The van der Waals surface area contributed by atoms with Crippen molar-refractivity contribution in [3.63, 3.8) is 0 Å². The van der Waals surface area contributed by atoms with E-state index in [9.17, 15) is 9.47 Å². The van der Waals surface area contributed by atoms with E-state index in [0.717, 1.165) is 37.1 Å². The lowest BCUT2D eigenvalue weighted by Crippen LogP contribution is -2.48. The molecule has 38 heavy (non-hydrogen) atoms. The van der Waals surface area contributed by atoms with Gasteiger partial charge in [-0.3, -0.25) is 0 Å². The number of hydrogen-bond donors (Lipinski definition) is 2. The summed E-state index contributed by atoms with van der Waals surface area (Å²) in [4.78, 5) is 9.93. The van der Waals surface area contributed by atoms with Gasteiger partial charge in [-0.15, -0.1) is 0 Å². The van der Waals surface area contributed by atoms with Gasteiger partial charge in [-0.05, 0) is 70.8 Å². The van der Waals surface area contributed by atoms with Crippen molar-refractivity contribution >= 4 is 34.2 Å². The first-order chi connectivity index (χ1) is 18.1. The van der Waals surface area contributed by atoms with E-state index in [4.69, 9.17) is 33.2 Å². The summed E-state index contributed by atoms with van der Waals surface area (Å²) in [6.07, 6.45) is 1.72. The van der Waals surface area contributed by atoms with E-state index < -0.39 is 15.7 Å². The fourth-order valence-electron chi connectivity index (χ4n) is 5.98. The van der Waals surface area contributed by atoms with Gasteiger partial charge in [0, 0.05) is 16.5 Å². The molecule has 1 aliphatic heterocycles. The molecule has 1 saturated heterocycles. The molecular formula is C29H31Cl2N5OS. The minimum absolute atomic E-state index is 0.137. The number of rotatable bonds is 4. The van der Waals surface area contributed by atoms with Crippen LogP contribution >= 0.6 is 23.2 Å². The van der Waals surface area contributed by atoms with Crippen molar-refractivity contribution in [2.24, 2.45) is 5.41 Å². The van der Waals surface area contributed by atoms with Crippen LogP contribution in [0, 0.1) is 23.7 Å². The Labute approximate surface area is 236 Å². The highest BCUT2D eigenvalue weighted by atomic mass is 35.5. The molecule has 198 valence electrons. The normalized spacial score (nSPS) is 21.2. The summed E-state index contributed by atoms with van der Waals surface area (Å²) in [6, 6.07) is 15.8. The molecule has 1 aromatic heterocycles. The Morgan fingerprint density at radius 3 is 2.42 bits per heavy atom. The lowest BCUT2D eigenvalue weighted by molar-refractivity contribution is 0.138. The van der Waals surface area contributed by atoms with Crippen molar-refractivity contribution in [2.75, 3.05) is 13.1 Å². The van der Waals surface area contributed by atoms with Crippen molar-refractivity contribution in [3.8, 4) is 17.2 Å². The van der Waals surface area contributed by atoms with E-state index in [1.807, 2.05) is 45.9 Å². The third-order valence-electron chi connectivity index (χ3n) is 7.78. The number of fused-ring (bicyclic) bond motifs is 1. The lowest BCUT2D eigenvalue weighted by Gasteiger charge is -2.44. The SMILES string of the molecule is Cc1nc(C2c3ccccc3[C@@H](N[S@](=O)C(C)(C)C)C23CCNCC3)nc(C#N)c1-c1cccc(Cl)c1Cl. The molecule has 9 heteroatoms. The molecule has 1 unspecified atom stereocenters. The predicted octanol–water partition coefficient (Wildman–Crippen LogP) is 6.24. The molecule has 0 saturated carbocycles. The fraction of sp³-hybridized carbons (Fsp3) is 0.414. The first-order valence-corrected chi connectivity index (χ1v) is 14.7. The highest BCUT2D eigenvalue weighted by molar-refractivity contribution is 7.84. The van der Waals surface area contributed by atoms with Crippen LogP contribution in [0.1, 0.15) is 73.9 Å². The Balaban J connectivity index is 1.70. The molecule has 5 rings (SSSR count). The highest BCUT2D eigenvalue weighted by Gasteiger charge is 2.56. The third kappa shape index (κ3) is 4.57. The summed E-state index contributed by atoms with van der Waals surface area (Å²) >= 11 is 12.8. The molecule has 1 fully saturated rings. The Morgan fingerprint density at radius 1 is 1.08 bits per heavy atom. The second-order valence-corrected chi connectivity index (χ2v) is 13.9. The lowest BCUT2D eigenvalue weighted by atomic mass is 9.67. The largest absolute Gasteiger partial charge is 0.317 e. The van der Waals surface area contributed by atoms with Crippen molar-refractivity contribution in [3.05, 3.63) is 80.8 Å². The monoisotopic (exact) mass is 567 g/mol.